The van der Waals surface area contributed by atoms with E-state index in [1.54, 1.807) is 54.6 Å². The van der Waals surface area contributed by atoms with Crippen LogP contribution in [0.3, 0.4) is 0 Å². The molecule has 0 saturated carbocycles. The molecule has 0 spiro atoms. The molecule has 3 aliphatic heterocycles. The first-order valence-corrected chi connectivity index (χ1v) is 44.5. The first-order chi connectivity index (χ1) is 55.0. The third-order valence-electron chi connectivity index (χ3n) is 19.9. The molecule has 0 aromatic heterocycles. The molecule has 6 aromatic carbocycles. The van der Waals surface area contributed by atoms with E-state index < -0.39 is 53.6 Å². The van der Waals surface area contributed by atoms with E-state index in [-0.39, 0.29) is 196 Å². The van der Waals surface area contributed by atoms with Gasteiger partial charge in [0, 0.05) is 151 Å². The standard InChI is InChI=1S/C78H102Cl6N12O16S3/c1-53(97)78(14-17-85-75(98)88-20-26-107-32-35-110-29-23-91-113(101,102)60-11-5-8-54(38-60)66-47-94(2)50-69-63(66)41-57(79)44-72(69)82,15-18-86-76(99)89-21-27-108-33-36-111-30-24-92-114(103,104)61-12-6-9-55(39-61)67-48-95(3)51-70-64(67)42-58(80)45-73(70)83)16-19-87-77(100)90-22-28-109-34-37-112-31-25-93-115(105,106)62-13-7-10-56(40-62)68-49-96(4)52-71-65(68)43-59(81)46-74(71)84/h5-13,38-46,66-68,91-93H,14-37,47-52H2,1-4H3,(H2,85,88,98)(H2,86,89,99)(H2,87,90,100)/t66-,67-,68-/m0/s1. The summed E-state index contributed by atoms with van der Waals surface area (Å²) in [6.07, 6.45) is 0.432. The molecular formula is C78H102Cl6N12O16S3. The van der Waals surface area contributed by atoms with Gasteiger partial charge < -0.3 is 75.0 Å². The monoisotopic (exact) mass is 1770 g/mol. The lowest BCUT2D eigenvalue weighted by atomic mass is 9.74. The van der Waals surface area contributed by atoms with Gasteiger partial charge in [-0.3, -0.25) is 4.79 Å². The Hall–Kier alpha value is -6.09. The van der Waals surface area contributed by atoms with Gasteiger partial charge in [0.15, 0.2) is 0 Å². The van der Waals surface area contributed by atoms with Gasteiger partial charge in [-0.2, -0.15) is 0 Å². The smallest absolute Gasteiger partial charge is 0.314 e. The summed E-state index contributed by atoms with van der Waals surface area (Å²) in [7, 11) is -5.71. The molecule has 3 aliphatic rings. The molecule has 28 nitrogen and oxygen atoms in total. The number of nitrogens with one attached hydrogen (secondary N) is 9. The minimum atomic E-state index is -3.88. The summed E-state index contributed by atoms with van der Waals surface area (Å²) in [5.41, 5.74) is 7.08. The first kappa shape index (κ1) is 92.8. The van der Waals surface area contributed by atoms with Crippen LogP contribution in [0.15, 0.2) is 124 Å². The van der Waals surface area contributed by atoms with Crippen LogP contribution in [0.25, 0.3) is 0 Å². The highest BCUT2D eigenvalue weighted by Gasteiger charge is 2.36. The Balaban J connectivity index is 0.653. The van der Waals surface area contributed by atoms with E-state index in [0.29, 0.717) is 69.4 Å². The van der Waals surface area contributed by atoms with Crippen LogP contribution in [-0.4, -0.2) is 243 Å². The molecular weight excluding hydrogens is 1670 g/mol. The molecule has 0 aliphatic carbocycles. The number of benzene rings is 6. The zero-order valence-electron chi connectivity index (χ0n) is 64.7. The van der Waals surface area contributed by atoms with Gasteiger partial charge in [0.1, 0.15) is 5.78 Å². The van der Waals surface area contributed by atoms with Crippen LogP contribution < -0.4 is 46.1 Å². The summed E-state index contributed by atoms with van der Waals surface area (Å²) in [5, 5.41) is 19.7. The van der Waals surface area contributed by atoms with Gasteiger partial charge in [-0.15, -0.1) is 0 Å². The van der Waals surface area contributed by atoms with Crippen LogP contribution in [0.2, 0.25) is 30.1 Å². The second-order valence-electron chi connectivity index (χ2n) is 28.3. The van der Waals surface area contributed by atoms with E-state index in [2.05, 4.69) is 60.8 Å². The number of carbonyl (C=O) groups is 4. The number of fused-ring (bicyclic) bond motifs is 3. The van der Waals surface area contributed by atoms with Crippen LogP contribution >= 0.6 is 69.6 Å². The quantitative estimate of drug-likeness (QED) is 0.0161. The second kappa shape index (κ2) is 45.4. The average molecular weight is 1770 g/mol. The van der Waals surface area contributed by atoms with Crippen molar-refractivity contribution >= 4 is 124 Å². The number of carbonyl (C=O) groups excluding carboxylic acids is 4. The number of nitrogens with zero attached hydrogens (tertiary/aromatic N) is 3. The number of likely N-dealkylation sites (N-methyl/N-ethyl adjacent to an activating group) is 3. The van der Waals surface area contributed by atoms with E-state index in [9.17, 15) is 44.4 Å². The number of ketones is 1. The lowest BCUT2D eigenvalue weighted by Crippen LogP contribution is -2.45. The molecule has 0 radical (unpaired) electrons. The van der Waals surface area contributed by atoms with Crippen molar-refractivity contribution in [2.75, 3.05) is 179 Å². The fourth-order valence-corrected chi connectivity index (χ4v) is 19.0. The third-order valence-corrected chi connectivity index (χ3v) is 26.0. The van der Waals surface area contributed by atoms with Crippen LogP contribution in [0.5, 0.6) is 0 Å². The molecule has 0 fully saturated rings. The minimum absolute atomic E-state index is 0.0101. The molecule has 37 heteroatoms. The Morgan fingerprint density at radius 2 is 0.617 bits per heavy atom. The number of hydrogen-bond donors (Lipinski definition) is 9. The van der Waals surface area contributed by atoms with Crippen molar-refractivity contribution in [2.45, 2.75) is 78.3 Å². The Morgan fingerprint density at radius 3 is 0.878 bits per heavy atom. The first-order valence-electron chi connectivity index (χ1n) is 37.8. The van der Waals surface area contributed by atoms with Gasteiger partial charge in [0.2, 0.25) is 30.1 Å². The number of sulfonamides is 3. The molecule has 3 heterocycles. The molecule has 115 heavy (non-hydrogen) atoms. The van der Waals surface area contributed by atoms with Gasteiger partial charge in [-0.1, -0.05) is 106 Å². The molecule has 0 saturated heterocycles. The minimum Gasteiger partial charge on any atom is -0.378 e. The van der Waals surface area contributed by atoms with E-state index in [0.717, 1.165) is 50.1 Å². The lowest BCUT2D eigenvalue weighted by Gasteiger charge is -2.33. The fraction of sp³-hybridized carbons (Fsp3) is 0.487. The number of ether oxygens (including phenoxy) is 6. The van der Waals surface area contributed by atoms with Crippen molar-refractivity contribution < 1.29 is 72.9 Å². The molecule has 6 amide bonds. The SMILES string of the molecule is CC(=O)C(CCNC(=O)NCCOCCOCCNS(=O)(=O)c1cccc([C@@H]2CN(C)Cc3c(Cl)cc(Cl)cc32)c1)(CCNC(=O)NCCOCCOCCNS(=O)(=O)c1cccc([C@@H]2CN(C)Cc3c(Cl)cc(Cl)cc32)c1)CCNC(=O)NCCOCCOCCNS(=O)(=O)c1cccc([C@@H]2CN(C)Cc3c(Cl)cc(Cl)cc32)c1. The Labute approximate surface area is 704 Å². The van der Waals surface area contributed by atoms with E-state index in [1.807, 2.05) is 57.5 Å². The molecule has 630 valence electrons. The Bertz CT molecular complexity index is 4200. The summed E-state index contributed by atoms with van der Waals surface area (Å²) >= 11 is 38.9. The van der Waals surface area contributed by atoms with Crippen LogP contribution in [-0.2, 0) is 82.9 Å². The van der Waals surface area contributed by atoms with Crippen molar-refractivity contribution in [1.29, 1.82) is 0 Å². The molecule has 0 bridgehead atoms. The highest BCUT2D eigenvalue weighted by molar-refractivity contribution is 7.90. The van der Waals surface area contributed by atoms with Crippen LogP contribution in [0.4, 0.5) is 14.4 Å². The molecule has 9 N–H and O–H groups in total. The van der Waals surface area contributed by atoms with Crippen molar-refractivity contribution in [1.82, 2.24) is 60.8 Å². The van der Waals surface area contributed by atoms with E-state index in [4.69, 9.17) is 98.0 Å². The number of Topliss-reactive ketones (excluding diaryl/α,β-unsaturated/α-hetero) is 1. The predicted octanol–water partition coefficient (Wildman–Crippen LogP) is 9.32. The summed E-state index contributed by atoms with van der Waals surface area (Å²) in [5.74, 6) is -0.667. The highest BCUT2D eigenvalue weighted by Crippen LogP contribution is 2.43. The molecule has 6 aromatic rings. The van der Waals surface area contributed by atoms with Gasteiger partial charge in [-0.25, -0.2) is 53.8 Å². The fourth-order valence-electron chi connectivity index (χ4n) is 14.1. The summed E-state index contributed by atoms with van der Waals surface area (Å²) < 4.78 is 122. The number of amides is 6. The average Bonchev–Trinajstić information content (AvgIpc) is 0.781. The van der Waals surface area contributed by atoms with Crippen LogP contribution in [0, 0.1) is 5.41 Å². The van der Waals surface area contributed by atoms with Crippen molar-refractivity contribution in [2.24, 2.45) is 5.41 Å². The van der Waals surface area contributed by atoms with Gasteiger partial charge in [0.25, 0.3) is 0 Å². The normalized spacial score (nSPS) is 16.1. The van der Waals surface area contributed by atoms with E-state index >= 15 is 0 Å². The maximum Gasteiger partial charge on any atom is 0.314 e. The lowest BCUT2D eigenvalue weighted by molar-refractivity contribution is -0.127. The third kappa shape index (κ3) is 28.3. The number of hydrogen-bond acceptors (Lipinski definition) is 19. The zero-order chi connectivity index (χ0) is 82.7. The van der Waals surface area contributed by atoms with Crippen molar-refractivity contribution in [3.05, 3.63) is 189 Å². The van der Waals surface area contributed by atoms with Crippen molar-refractivity contribution in [3.8, 4) is 0 Å². The number of rotatable bonds is 46. The summed E-state index contributed by atoms with van der Waals surface area (Å²) in [4.78, 5) is 59.4. The maximum absolute atomic E-state index is 13.6. The predicted molar refractivity (Wildman–Crippen MR) is 445 cm³/mol. The molecule has 0 unspecified atom stereocenters. The zero-order valence-corrected chi connectivity index (χ0v) is 71.7. The van der Waals surface area contributed by atoms with Crippen LogP contribution in [0.1, 0.15) is 94.0 Å². The molecule has 9 rings (SSSR count). The van der Waals surface area contributed by atoms with Crippen molar-refractivity contribution in [3.63, 3.8) is 0 Å². The van der Waals surface area contributed by atoms with Gasteiger partial charge in [0.05, 0.1) is 94.0 Å². The van der Waals surface area contributed by atoms with Gasteiger partial charge in [-0.05, 0) is 170 Å². The maximum atomic E-state index is 13.6. The number of halogens is 6. The van der Waals surface area contributed by atoms with E-state index in [1.165, 1.54) is 25.1 Å². The largest absolute Gasteiger partial charge is 0.378 e. The Kier molecular flexibility index (Phi) is 36.6. The topological polar surface area (TPSA) is 344 Å². The summed E-state index contributed by atoms with van der Waals surface area (Å²) in [6.45, 7) is 7.42. The highest BCUT2D eigenvalue weighted by atomic mass is 35.5. The summed E-state index contributed by atoms with van der Waals surface area (Å²) in [6, 6.07) is 29.6. The Morgan fingerprint density at radius 1 is 0.365 bits per heavy atom. The molecule has 3 atom stereocenters. The number of urea groups is 3. The van der Waals surface area contributed by atoms with Gasteiger partial charge >= 0.3 is 18.1 Å². The second-order valence-corrected chi connectivity index (χ2v) is 36.2.